The highest BCUT2D eigenvalue weighted by Crippen LogP contribution is 2.27. The third-order valence-corrected chi connectivity index (χ3v) is 7.20. The second-order valence-electron chi connectivity index (χ2n) is 8.15. The van der Waals surface area contributed by atoms with Gasteiger partial charge in [0.1, 0.15) is 12.6 Å². The number of unbranched alkanes of at least 4 members (excludes halogenated alkanes) is 1. The second kappa shape index (κ2) is 12.4. The van der Waals surface area contributed by atoms with E-state index < -0.39 is 28.5 Å². The van der Waals surface area contributed by atoms with Gasteiger partial charge in [0.15, 0.2) is 0 Å². The average Bonchev–Trinajstić information content (AvgIpc) is 2.76. The molecule has 0 unspecified atom stereocenters. The SMILES string of the molecule is CCCCNC(=O)[C@@H](C)N(Cc1c(Cl)cccc1Cl)C(=O)CN(c1cccc(C)c1)S(C)(=O)=O. The number of amides is 2. The first-order chi connectivity index (χ1) is 16.0. The molecule has 0 radical (unpaired) electrons. The fraction of sp³-hybridized carbons (Fsp3) is 0.417. The summed E-state index contributed by atoms with van der Waals surface area (Å²) in [6.45, 7) is 5.40. The molecule has 0 fully saturated rings. The zero-order valence-corrected chi connectivity index (χ0v) is 22.2. The molecule has 7 nitrogen and oxygen atoms in total. The van der Waals surface area contributed by atoms with E-state index in [9.17, 15) is 18.0 Å². The van der Waals surface area contributed by atoms with Crippen LogP contribution in [0.4, 0.5) is 5.69 Å². The lowest BCUT2D eigenvalue weighted by molar-refractivity contribution is -0.139. The normalized spacial score (nSPS) is 12.2. The Balaban J connectivity index is 2.41. The van der Waals surface area contributed by atoms with Crippen LogP contribution in [-0.4, -0.2) is 50.5 Å². The smallest absolute Gasteiger partial charge is 0.244 e. The summed E-state index contributed by atoms with van der Waals surface area (Å²) in [4.78, 5) is 27.6. The van der Waals surface area contributed by atoms with Crippen molar-refractivity contribution in [2.24, 2.45) is 0 Å². The van der Waals surface area contributed by atoms with E-state index in [0.29, 0.717) is 27.8 Å². The fourth-order valence-electron chi connectivity index (χ4n) is 3.37. The molecule has 2 rings (SSSR count). The maximum absolute atomic E-state index is 13.5. The number of rotatable bonds is 11. The summed E-state index contributed by atoms with van der Waals surface area (Å²) in [5.74, 6) is -0.896. The van der Waals surface area contributed by atoms with E-state index in [2.05, 4.69) is 5.32 Å². The molecule has 1 atom stereocenters. The van der Waals surface area contributed by atoms with Crippen molar-refractivity contribution in [2.45, 2.75) is 46.2 Å². The van der Waals surface area contributed by atoms with Gasteiger partial charge in [-0.2, -0.15) is 0 Å². The third-order valence-electron chi connectivity index (χ3n) is 5.36. The van der Waals surface area contributed by atoms with Crippen LogP contribution < -0.4 is 9.62 Å². The highest BCUT2D eigenvalue weighted by Gasteiger charge is 2.30. The van der Waals surface area contributed by atoms with Gasteiger partial charge in [0.05, 0.1) is 11.9 Å². The molecule has 10 heteroatoms. The van der Waals surface area contributed by atoms with Gasteiger partial charge in [0.2, 0.25) is 21.8 Å². The lowest BCUT2D eigenvalue weighted by Gasteiger charge is -2.32. The Morgan fingerprint density at radius 2 is 1.71 bits per heavy atom. The number of sulfonamides is 1. The van der Waals surface area contributed by atoms with E-state index in [4.69, 9.17) is 23.2 Å². The number of aryl methyl sites for hydroxylation is 1. The predicted octanol–water partition coefficient (Wildman–Crippen LogP) is 4.40. The van der Waals surface area contributed by atoms with Crippen LogP contribution >= 0.6 is 23.2 Å². The standard InChI is InChI=1S/C24H31Cl2N3O4S/c1-5-6-13-27-24(31)18(3)28(15-20-21(25)11-8-12-22(20)26)23(30)16-29(34(4,32)33)19-10-7-9-17(2)14-19/h7-12,14,18H,5-6,13,15-16H2,1-4H3,(H,27,31)/t18-/m1/s1. The molecule has 0 spiro atoms. The second-order valence-corrected chi connectivity index (χ2v) is 10.9. The lowest BCUT2D eigenvalue weighted by atomic mass is 10.1. The molecule has 0 saturated heterocycles. The van der Waals surface area contributed by atoms with E-state index in [1.807, 2.05) is 19.9 Å². The minimum atomic E-state index is -3.78. The van der Waals surface area contributed by atoms with Gasteiger partial charge < -0.3 is 10.2 Å². The number of carbonyl (C=O) groups is 2. The number of benzene rings is 2. The first-order valence-electron chi connectivity index (χ1n) is 11.0. The van der Waals surface area contributed by atoms with Crippen LogP contribution in [0.15, 0.2) is 42.5 Å². The summed E-state index contributed by atoms with van der Waals surface area (Å²) in [7, 11) is -3.78. The van der Waals surface area contributed by atoms with Gasteiger partial charge in [0.25, 0.3) is 0 Å². The Morgan fingerprint density at radius 1 is 1.09 bits per heavy atom. The zero-order valence-electron chi connectivity index (χ0n) is 19.8. The summed E-state index contributed by atoms with van der Waals surface area (Å²) in [6, 6.07) is 11.0. The Hall–Kier alpha value is -2.29. The molecule has 2 amide bonds. The summed E-state index contributed by atoms with van der Waals surface area (Å²) >= 11 is 12.7. The molecule has 0 aliphatic rings. The Bertz CT molecular complexity index is 1100. The minimum Gasteiger partial charge on any atom is -0.354 e. The maximum atomic E-state index is 13.5. The molecule has 2 aromatic carbocycles. The molecule has 1 N–H and O–H groups in total. The summed E-state index contributed by atoms with van der Waals surface area (Å²) in [5, 5.41) is 3.52. The number of carbonyl (C=O) groups excluding carboxylic acids is 2. The Labute approximate surface area is 212 Å². The molecular formula is C24H31Cl2N3O4S. The van der Waals surface area contributed by atoms with E-state index >= 15 is 0 Å². The van der Waals surface area contributed by atoms with Crippen molar-refractivity contribution in [3.8, 4) is 0 Å². The van der Waals surface area contributed by atoms with E-state index in [-0.39, 0.29) is 12.5 Å². The van der Waals surface area contributed by atoms with Crippen molar-refractivity contribution in [2.75, 3.05) is 23.7 Å². The van der Waals surface area contributed by atoms with Crippen molar-refractivity contribution in [1.29, 1.82) is 0 Å². The summed E-state index contributed by atoms with van der Waals surface area (Å²) < 4.78 is 26.2. The molecular weight excluding hydrogens is 497 g/mol. The molecule has 0 aromatic heterocycles. The van der Waals surface area contributed by atoms with E-state index in [1.54, 1.807) is 43.3 Å². The van der Waals surface area contributed by atoms with Crippen LogP contribution in [0.3, 0.4) is 0 Å². The van der Waals surface area contributed by atoms with Crippen LogP contribution in [0.1, 0.15) is 37.8 Å². The summed E-state index contributed by atoms with van der Waals surface area (Å²) in [6.07, 6.45) is 2.75. The van der Waals surface area contributed by atoms with Gasteiger partial charge in [0, 0.05) is 28.7 Å². The molecule has 186 valence electrons. The van der Waals surface area contributed by atoms with Crippen LogP contribution in [0.25, 0.3) is 0 Å². The number of nitrogens with zero attached hydrogens (tertiary/aromatic N) is 2. The van der Waals surface area contributed by atoms with Crippen LogP contribution in [0.2, 0.25) is 10.0 Å². The van der Waals surface area contributed by atoms with Gasteiger partial charge in [-0.05, 0) is 50.1 Å². The molecule has 0 saturated carbocycles. The Morgan fingerprint density at radius 3 is 2.26 bits per heavy atom. The fourth-order valence-corrected chi connectivity index (χ4v) is 4.73. The molecule has 0 heterocycles. The van der Waals surface area contributed by atoms with Crippen LogP contribution in [-0.2, 0) is 26.2 Å². The first kappa shape index (κ1) is 28.0. The van der Waals surface area contributed by atoms with Gasteiger partial charge >= 0.3 is 0 Å². The highest BCUT2D eigenvalue weighted by molar-refractivity contribution is 7.92. The number of anilines is 1. The van der Waals surface area contributed by atoms with Gasteiger partial charge in [-0.3, -0.25) is 13.9 Å². The van der Waals surface area contributed by atoms with Crippen LogP contribution in [0.5, 0.6) is 0 Å². The number of nitrogens with one attached hydrogen (secondary N) is 1. The number of hydrogen-bond donors (Lipinski definition) is 1. The minimum absolute atomic E-state index is 0.0505. The van der Waals surface area contributed by atoms with Crippen molar-refractivity contribution >= 4 is 50.7 Å². The summed E-state index contributed by atoms with van der Waals surface area (Å²) in [5.41, 5.74) is 1.70. The first-order valence-corrected chi connectivity index (χ1v) is 13.6. The Kier molecular flexibility index (Phi) is 10.2. The highest BCUT2D eigenvalue weighted by atomic mass is 35.5. The molecule has 0 aliphatic carbocycles. The van der Waals surface area contributed by atoms with Crippen molar-refractivity contribution < 1.29 is 18.0 Å². The van der Waals surface area contributed by atoms with Crippen molar-refractivity contribution in [3.63, 3.8) is 0 Å². The maximum Gasteiger partial charge on any atom is 0.244 e. The van der Waals surface area contributed by atoms with Crippen LogP contribution in [0, 0.1) is 6.92 Å². The number of hydrogen-bond acceptors (Lipinski definition) is 4. The predicted molar refractivity (Wildman–Crippen MR) is 138 cm³/mol. The molecule has 0 bridgehead atoms. The van der Waals surface area contributed by atoms with Crippen molar-refractivity contribution in [3.05, 3.63) is 63.6 Å². The van der Waals surface area contributed by atoms with Gasteiger partial charge in [-0.1, -0.05) is 54.7 Å². The van der Waals surface area contributed by atoms with E-state index in [0.717, 1.165) is 29.0 Å². The topological polar surface area (TPSA) is 86.8 Å². The quantitative estimate of drug-likeness (QED) is 0.438. The largest absolute Gasteiger partial charge is 0.354 e. The zero-order chi connectivity index (χ0) is 25.5. The molecule has 2 aromatic rings. The lowest BCUT2D eigenvalue weighted by Crippen LogP contribution is -2.51. The average molecular weight is 529 g/mol. The van der Waals surface area contributed by atoms with Gasteiger partial charge in [-0.15, -0.1) is 0 Å². The van der Waals surface area contributed by atoms with E-state index in [1.165, 1.54) is 4.90 Å². The van der Waals surface area contributed by atoms with Crippen molar-refractivity contribution in [1.82, 2.24) is 10.2 Å². The molecule has 34 heavy (non-hydrogen) atoms. The van der Waals surface area contributed by atoms with Gasteiger partial charge in [-0.25, -0.2) is 8.42 Å². The number of halogens is 2. The molecule has 0 aliphatic heterocycles. The third kappa shape index (κ3) is 7.61. The monoisotopic (exact) mass is 527 g/mol.